The van der Waals surface area contributed by atoms with Crippen molar-refractivity contribution in [2.75, 3.05) is 0 Å². The molecule has 2 rings (SSSR count). The number of nitrogens with one attached hydrogen (secondary N) is 1. The van der Waals surface area contributed by atoms with E-state index in [0.29, 0.717) is 6.42 Å². The molecule has 0 spiro atoms. The highest BCUT2D eigenvalue weighted by Crippen LogP contribution is 2.37. The number of carboxylic acid groups (broad SMARTS) is 1. The number of piperidine rings is 1. The molecular weight excluding hydrogens is 284 g/mol. The van der Waals surface area contributed by atoms with Crippen LogP contribution in [0.2, 0.25) is 0 Å². The van der Waals surface area contributed by atoms with Gasteiger partial charge in [0.1, 0.15) is 11.6 Å². The average Bonchev–Trinajstić information content (AvgIpc) is 2.65. The van der Waals surface area contributed by atoms with Crippen LogP contribution in [0, 0.1) is 0 Å². The molecule has 0 aromatic rings. The van der Waals surface area contributed by atoms with Crippen LogP contribution in [-0.4, -0.2) is 51.8 Å². The first-order valence-electron chi connectivity index (χ1n) is 8.21. The number of nitrogens with zero attached hydrogens (tertiary/aromatic N) is 1. The molecule has 2 N–H and O–H groups in total. The number of ether oxygens (including phenoxy) is 1. The minimum Gasteiger partial charge on any atom is -0.480 e. The van der Waals surface area contributed by atoms with Gasteiger partial charge in [-0.1, -0.05) is 6.92 Å². The smallest absolute Gasteiger partial charge is 0.410 e. The van der Waals surface area contributed by atoms with E-state index in [1.54, 1.807) is 0 Å². The third-order valence-corrected chi connectivity index (χ3v) is 4.48. The Labute approximate surface area is 132 Å². The SMILES string of the molecule is CCC(NC1CC2CCC(C1)N2C(=O)OC(C)(C)C)C(=O)O. The molecule has 3 unspecified atom stereocenters. The summed E-state index contributed by atoms with van der Waals surface area (Å²) in [6.45, 7) is 7.50. The summed E-state index contributed by atoms with van der Waals surface area (Å²) in [4.78, 5) is 25.4. The number of hydrogen-bond acceptors (Lipinski definition) is 4. The zero-order chi connectivity index (χ0) is 16.5. The maximum Gasteiger partial charge on any atom is 0.410 e. The predicted octanol–water partition coefficient (Wildman–Crippen LogP) is 2.37. The van der Waals surface area contributed by atoms with E-state index in [0.717, 1.165) is 25.7 Å². The lowest BCUT2D eigenvalue weighted by Crippen LogP contribution is -2.55. The summed E-state index contributed by atoms with van der Waals surface area (Å²) in [7, 11) is 0. The Morgan fingerprint density at radius 2 is 1.82 bits per heavy atom. The molecule has 6 heteroatoms. The average molecular weight is 312 g/mol. The second kappa shape index (κ2) is 6.44. The summed E-state index contributed by atoms with van der Waals surface area (Å²) in [6.07, 6.45) is 3.90. The number of carboxylic acids is 1. The van der Waals surface area contributed by atoms with Crippen LogP contribution in [0.1, 0.15) is 59.8 Å². The van der Waals surface area contributed by atoms with Crippen molar-refractivity contribution in [1.29, 1.82) is 0 Å². The van der Waals surface area contributed by atoms with Gasteiger partial charge in [-0.05, 0) is 52.9 Å². The van der Waals surface area contributed by atoms with Crippen LogP contribution in [0.5, 0.6) is 0 Å². The van der Waals surface area contributed by atoms with Crippen molar-refractivity contribution in [3.8, 4) is 0 Å². The van der Waals surface area contributed by atoms with Crippen LogP contribution < -0.4 is 5.32 Å². The molecule has 2 bridgehead atoms. The van der Waals surface area contributed by atoms with Crippen molar-refractivity contribution in [2.45, 2.75) is 89.6 Å². The monoisotopic (exact) mass is 312 g/mol. The maximum atomic E-state index is 12.4. The topological polar surface area (TPSA) is 78.9 Å². The molecular formula is C16H28N2O4. The summed E-state index contributed by atoms with van der Waals surface area (Å²) in [5, 5.41) is 12.4. The fraction of sp³-hybridized carbons (Fsp3) is 0.875. The third-order valence-electron chi connectivity index (χ3n) is 4.48. The standard InChI is InChI=1S/C16H28N2O4/c1-5-13(14(19)20)17-10-8-11-6-7-12(9-10)18(11)15(21)22-16(2,3)4/h10-13,17H,5-9H2,1-4H3,(H,19,20). The van der Waals surface area contributed by atoms with Gasteiger partial charge in [-0.25, -0.2) is 4.79 Å². The number of amides is 1. The fourth-order valence-electron chi connectivity index (χ4n) is 3.57. The highest BCUT2D eigenvalue weighted by Gasteiger charge is 2.45. The van der Waals surface area contributed by atoms with Gasteiger partial charge in [0.2, 0.25) is 0 Å². The molecule has 0 aliphatic carbocycles. The molecule has 2 heterocycles. The first-order valence-corrected chi connectivity index (χ1v) is 8.21. The van der Waals surface area contributed by atoms with Gasteiger partial charge >= 0.3 is 12.1 Å². The van der Waals surface area contributed by atoms with Crippen LogP contribution in [0.4, 0.5) is 4.79 Å². The summed E-state index contributed by atoms with van der Waals surface area (Å²) >= 11 is 0. The van der Waals surface area contributed by atoms with Crippen molar-refractivity contribution in [1.82, 2.24) is 10.2 Å². The Bertz CT molecular complexity index is 418. The van der Waals surface area contributed by atoms with Crippen LogP contribution in [0.15, 0.2) is 0 Å². The molecule has 0 aromatic carbocycles. The molecule has 3 atom stereocenters. The summed E-state index contributed by atoms with van der Waals surface area (Å²) < 4.78 is 5.51. The van der Waals surface area contributed by atoms with E-state index in [1.165, 1.54) is 0 Å². The summed E-state index contributed by atoms with van der Waals surface area (Å²) in [6, 6.07) is -0.00971. The summed E-state index contributed by atoms with van der Waals surface area (Å²) in [5.74, 6) is -0.801. The molecule has 2 aliphatic rings. The predicted molar refractivity (Wildman–Crippen MR) is 82.8 cm³/mol. The zero-order valence-corrected chi connectivity index (χ0v) is 14.0. The van der Waals surface area contributed by atoms with E-state index in [2.05, 4.69) is 5.32 Å². The largest absolute Gasteiger partial charge is 0.480 e. The van der Waals surface area contributed by atoms with Crippen molar-refractivity contribution in [3.05, 3.63) is 0 Å². The minimum atomic E-state index is -0.801. The normalized spacial score (nSPS) is 29.3. The van der Waals surface area contributed by atoms with Gasteiger partial charge in [0.05, 0.1) is 0 Å². The van der Waals surface area contributed by atoms with Gasteiger partial charge in [-0.15, -0.1) is 0 Å². The van der Waals surface area contributed by atoms with E-state index >= 15 is 0 Å². The molecule has 2 aliphatic heterocycles. The lowest BCUT2D eigenvalue weighted by molar-refractivity contribution is -0.140. The lowest BCUT2D eigenvalue weighted by Gasteiger charge is -2.40. The van der Waals surface area contributed by atoms with Gasteiger partial charge in [-0.3, -0.25) is 4.79 Å². The molecule has 22 heavy (non-hydrogen) atoms. The van der Waals surface area contributed by atoms with Crippen LogP contribution in [-0.2, 0) is 9.53 Å². The second-order valence-corrected chi connectivity index (χ2v) is 7.41. The van der Waals surface area contributed by atoms with Gasteiger partial charge in [-0.2, -0.15) is 0 Å². The number of rotatable bonds is 4. The third kappa shape index (κ3) is 3.91. The van der Waals surface area contributed by atoms with E-state index in [9.17, 15) is 14.7 Å². The Kier molecular flexibility index (Phi) is 5.00. The van der Waals surface area contributed by atoms with E-state index in [4.69, 9.17) is 4.74 Å². The van der Waals surface area contributed by atoms with Crippen molar-refractivity contribution >= 4 is 12.1 Å². The summed E-state index contributed by atoms with van der Waals surface area (Å²) in [5.41, 5.74) is -0.484. The Morgan fingerprint density at radius 3 is 2.23 bits per heavy atom. The van der Waals surface area contributed by atoms with Crippen LogP contribution in [0.25, 0.3) is 0 Å². The molecule has 126 valence electrons. The highest BCUT2D eigenvalue weighted by atomic mass is 16.6. The highest BCUT2D eigenvalue weighted by molar-refractivity contribution is 5.73. The van der Waals surface area contributed by atoms with Gasteiger partial charge in [0.15, 0.2) is 0 Å². The second-order valence-electron chi connectivity index (χ2n) is 7.41. The zero-order valence-electron chi connectivity index (χ0n) is 14.0. The van der Waals surface area contributed by atoms with E-state index < -0.39 is 17.6 Å². The molecule has 1 amide bonds. The van der Waals surface area contributed by atoms with E-state index in [-0.39, 0.29) is 24.2 Å². The fourth-order valence-corrected chi connectivity index (χ4v) is 3.57. The lowest BCUT2D eigenvalue weighted by atomic mass is 9.96. The first kappa shape index (κ1) is 17.1. The van der Waals surface area contributed by atoms with Gasteiger partial charge in [0.25, 0.3) is 0 Å². The van der Waals surface area contributed by atoms with Crippen molar-refractivity contribution in [3.63, 3.8) is 0 Å². The number of carbonyl (C=O) groups is 2. The van der Waals surface area contributed by atoms with Gasteiger partial charge < -0.3 is 20.1 Å². The molecule has 0 aromatic heterocycles. The number of aliphatic carboxylic acids is 1. The quantitative estimate of drug-likeness (QED) is 0.833. The minimum absolute atomic E-state index is 0.164. The molecule has 2 fully saturated rings. The number of hydrogen-bond donors (Lipinski definition) is 2. The Balaban J connectivity index is 1.97. The van der Waals surface area contributed by atoms with Gasteiger partial charge in [0, 0.05) is 18.1 Å². The molecule has 0 saturated carbocycles. The van der Waals surface area contributed by atoms with Crippen LogP contribution >= 0.6 is 0 Å². The molecule has 2 saturated heterocycles. The number of fused-ring (bicyclic) bond motifs is 2. The number of carbonyl (C=O) groups excluding carboxylic acids is 1. The molecule has 0 radical (unpaired) electrons. The molecule has 6 nitrogen and oxygen atoms in total. The van der Waals surface area contributed by atoms with Crippen LogP contribution in [0.3, 0.4) is 0 Å². The van der Waals surface area contributed by atoms with E-state index in [1.807, 2.05) is 32.6 Å². The van der Waals surface area contributed by atoms with Crippen molar-refractivity contribution < 1.29 is 19.4 Å². The van der Waals surface area contributed by atoms with Crippen molar-refractivity contribution in [2.24, 2.45) is 0 Å². The maximum absolute atomic E-state index is 12.4. The Morgan fingerprint density at radius 1 is 1.27 bits per heavy atom. The first-order chi connectivity index (χ1) is 10.2. The Hall–Kier alpha value is -1.30.